The zero-order valence-electron chi connectivity index (χ0n) is 11.0. The molecule has 0 aliphatic carbocycles. The molecule has 0 unspecified atom stereocenters. The van der Waals surface area contributed by atoms with Gasteiger partial charge in [0.2, 0.25) is 0 Å². The predicted octanol–water partition coefficient (Wildman–Crippen LogP) is -0.371. The molecule has 0 aromatic rings. The van der Waals surface area contributed by atoms with Crippen molar-refractivity contribution in [3.63, 3.8) is 0 Å². The molecule has 0 saturated carbocycles. The third-order valence-electron chi connectivity index (χ3n) is 1.95. The van der Waals surface area contributed by atoms with Gasteiger partial charge in [0.05, 0.1) is 6.54 Å². The van der Waals surface area contributed by atoms with Gasteiger partial charge in [-0.15, -0.1) is 0 Å². The smallest absolute Gasteiger partial charge is 0.407 e. The van der Waals surface area contributed by atoms with E-state index in [1.807, 2.05) is 20.8 Å². The Hall–Kier alpha value is -1.79. The van der Waals surface area contributed by atoms with Crippen LogP contribution in [-0.2, 0) is 9.53 Å². The molecular weight excluding hydrogens is 236 g/mol. The number of hydrogen-bond donors (Lipinski definition) is 3. The Bertz CT molecular complexity index is 347. The second kappa shape index (κ2) is 6.23. The minimum absolute atomic E-state index is 0.0624. The number of Topliss-reactive ketones (excluding diaryl/α,β-unsaturated/α-hetero) is 1. The second-order valence-corrected chi connectivity index (χ2v) is 4.91. The fraction of sp³-hybridized carbons (Fsp3) is 0.727. The van der Waals surface area contributed by atoms with Gasteiger partial charge in [-0.3, -0.25) is 4.79 Å². The Kier molecular flexibility index (Phi) is 4.94. The summed E-state index contributed by atoms with van der Waals surface area (Å²) < 4.78 is 5.08. The summed E-state index contributed by atoms with van der Waals surface area (Å²) in [6.07, 6.45) is -0.446. The van der Waals surface area contributed by atoms with E-state index in [9.17, 15) is 9.59 Å². The largest absolute Gasteiger partial charge is 0.444 e. The normalized spacial score (nSPS) is 15.5. The van der Waals surface area contributed by atoms with Gasteiger partial charge in [0.1, 0.15) is 12.1 Å². The number of hydrogen-bond acceptors (Lipinski definition) is 6. The molecule has 1 heterocycles. The number of ether oxygens (including phenoxy) is 1. The molecule has 0 spiro atoms. The number of nitrogens with zero attached hydrogens (tertiary/aromatic N) is 1. The zero-order chi connectivity index (χ0) is 13.6. The van der Waals surface area contributed by atoms with Crippen molar-refractivity contribution >= 4 is 17.8 Å². The summed E-state index contributed by atoms with van der Waals surface area (Å²) in [7, 11) is 0. The van der Waals surface area contributed by atoms with Crippen molar-refractivity contribution in [2.24, 2.45) is 4.99 Å². The van der Waals surface area contributed by atoms with Crippen LogP contribution < -0.4 is 16.0 Å². The SMILES string of the molecule is CC(C)(C)OC(=O)NCCNC1=NCC(=O)CN1. The number of ketones is 1. The number of rotatable bonds is 3. The number of nitrogens with one attached hydrogen (secondary N) is 3. The van der Waals surface area contributed by atoms with Crippen molar-refractivity contribution in [1.82, 2.24) is 16.0 Å². The Labute approximate surface area is 106 Å². The van der Waals surface area contributed by atoms with Crippen LogP contribution in [0.4, 0.5) is 4.79 Å². The molecule has 7 nitrogen and oxygen atoms in total. The predicted molar refractivity (Wildman–Crippen MR) is 67.6 cm³/mol. The lowest BCUT2D eigenvalue weighted by atomic mass is 10.2. The number of carbonyl (C=O) groups is 2. The molecule has 0 aromatic heterocycles. The highest BCUT2D eigenvalue weighted by Crippen LogP contribution is 2.05. The molecule has 102 valence electrons. The molecular formula is C11H20N4O3. The van der Waals surface area contributed by atoms with Gasteiger partial charge in [0, 0.05) is 13.1 Å². The molecule has 0 fully saturated rings. The van der Waals surface area contributed by atoms with Gasteiger partial charge in [0.15, 0.2) is 11.7 Å². The van der Waals surface area contributed by atoms with Gasteiger partial charge in [-0.1, -0.05) is 0 Å². The first kappa shape index (κ1) is 14.3. The highest BCUT2D eigenvalue weighted by Gasteiger charge is 2.15. The molecule has 0 bridgehead atoms. The Morgan fingerprint density at radius 2 is 2.17 bits per heavy atom. The van der Waals surface area contributed by atoms with Crippen LogP contribution in [0.1, 0.15) is 20.8 Å². The Morgan fingerprint density at radius 3 is 2.72 bits per heavy atom. The summed E-state index contributed by atoms with van der Waals surface area (Å²) in [6.45, 7) is 6.86. The second-order valence-electron chi connectivity index (χ2n) is 4.91. The fourth-order valence-electron chi connectivity index (χ4n) is 1.24. The molecule has 3 N–H and O–H groups in total. The lowest BCUT2D eigenvalue weighted by Crippen LogP contribution is -2.46. The van der Waals surface area contributed by atoms with E-state index in [0.29, 0.717) is 25.6 Å². The number of guanidine groups is 1. The van der Waals surface area contributed by atoms with E-state index in [1.165, 1.54) is 0 Å². The molecule has 1 rings (SSSR count). The third kappa shape index (κ3) is 6.07. The maximum Gasteiger partial charge on any atom is 0.407 e. The van der Waals surface area contributed by atoms with Crippen molar-refractivity contribution in [2.45, 2.75) is 26.4 Å². The number of alkyl carbamates (subject to hydrolysis) is 1. The van der Waals surface area contributed by atoms with Crippen LogP contribution in [0.3, 0.4) is 0 Å². The lowest BCUT2D eigenvalue weighted by molar-refractivity contribution is -0.116. The average Bonchev–Trinajstić information content (AvgIpc) is 2.24. The number of aliphatic imine (C=N–C) groups is 1. The van der Waals surface area contributed by atoms with Gasteiger partial charge in [-0.05, 0) is 20.8 Å². The van der Waals surface area contributed by atoms with E-state index in [0.717, 1.165) is 0 Å². The topological polar surface area (TPSA) is 91.8 Å². The highest BCUT2D eigenvalue weighted by molar-refractivity contribution is 5.93. The van der Waals surface area contributed by atoms with Crippen LogP contribution in [0.15, 0.2) is 4.99 Å². The van der Waals surface area contributed by atoms with Crippen molar-refractivity contribution < 1.29 is 14.3 Å². The van der Waals surface area contributed by atoms with Crippen molar-refractivity contribution in [2.75, 3.05) is 26.2 Å². The standard InChI is InChI=1S/C11H20N4O3/c1-11(2,3)18-10(17)13-5-4-12-9-14-6-8(16)7-15-9/h4-7H2,1-3H3,(H,13,17)(H2,12,14,15). The maximum atomic E-state index is 11.3. The van der Waals surface area contributed by atoms with Gasteiger partial charge in [0.25, 0.3) is 0 Å². The molecule has 0 saturated heterocycles. The lowest BCUT2D eigenvalue weighted by Gasteiger charge is -2.20. The van der Waals surface area contributed by atoms with Crippen LogP contribution >= 0.6 is 0 Å². The first-order valence-electron chi connectivity index (χ1n) is 5.87. The summed E-state index contributed by atoms with van der Waals surface area (Å²) >= 11 is 0. The number of amides is 1. The Morgan fingerprint density at radius 1 is 1.44 bits per heavy atom. The molecule has 1 amide bonds. The molecule has 18 heavy (non-hydrogen) atoms. The van der Waals surface area contributed by atoms with Crippen LogP contribution in [0, 0.1) is 0 Å². The molecule has 1 aliphatic rings. The quantitative estimate of drug-likeness (QED) is 0.599. The van der Waals surface area contributed by atoms with Gasteiger partial charge in [-0.25, -0.2) is 9.79 Å². The van der Waals surface area contributed by atoms with E-state index < -0.39 is 11.7 Å². The summed E-state index contributed by atoms with van der Waals surface area (Å²) in [5, 5.41) is 8.43. The molecule has 1 aliphatic heterocycles. The van der Waals surface area contributed by atoms with E-state index >= 15 is 0 Å². The highest BCUT2D eigenvalue weighted by atomic mass is 16.6. The van der Waals surface area contributed by atoms with Crippen molar-refractivity contribution in [1.29, 1.82) is 0 Å². The monoisotopic (exact) mass is 256 g/mol. The summed E-state index contributed by atoms with van der Waals surface area (Å²) in [5.74, 6) is 0.646. The van der Waals surface area contributed by atoms with Gasteiger partial charge < -0.3 is 20.7 Å². The van der Waals surface area contributed by atoms with Crippen LogP contribution in [0.2, 0.25) is 0 Å². The minimum atomic E-state index is -0.493. The van der Waals surface area contributed by atoms with Crippen LogP contribution in [-0.4, -0.2) is 49.6 Å². The van der Waals surface area contributed by atoms with Gasteiger partial charge >= 0.3 is 6.09 Å². The Balaban J connectivity index is 2.12. The van der Waals surface area contributed by atoms with Crippen molar-refractivity contribution in [3.05, 3.63) is 0 Å². The summed E-state index contributed by atoms with van der Waals surface area (Å²) in [4.78, 5) is 26.2. The molecule has 0 atom stereocenters. The van der Waals surface area contributed by atoms with E-state index in [4.69, 9.17) is 4.74 Å². The summed E-state index contributed by atoms with van der Waals surface area (Å²) in [5.41, 5.74) is -0.493. The first-order valence-corrected chi connectivity index (χ1v) is 5.87. The summed E-state index contributed by atoms with van der Waals surface area (Å²) in [6, 6.07) is 0. The minimum Gasteiger partial charge on any atom is -0.444 e. The van der Waals surface area contributed by atoms with E-state index in [1.54, 1.807) is 0 Å². The zero-order valence-corrected chi connectivity index (χ0v) is 11.0. The maximum absolute atomic E-state index is 11.3. The van der Waals surface area contributed by atoms with Crippen LogP contribution in [0.5, 0.6) is 0 Å². The molecule has 0 aromatic carbocycles. The van der Waals surface area contributed by atoms with E-state index in [-0.39, 0.29) is 12.3 Å². The van der Waals surface area contributed by atoms with Crippen LogP contribution in [0.25, 0.3) is 0 Å². The molecule has 0 radical (unpaired) electrons. The molecule has 7 heteroatoms. The fourth-order valence-corrected chi connectivity index (χ4v) is 1.24. The third-order valence-corrected chi connectivity index (χ3v) is 1.95. The average molecular weight is 256 g/mol. The number of carbonyl (C=O) groups excluding carboxylic acids is 2. The van der Waals surface area contributed by atoms with Gasteiger partial charge in [-0.2, -0.15) is 0 Å². The van der Waals surface area contributed by atoms with E-state index in [2.05, 4.69) is 20.9 Å². The first-order chi connectivity index (χ1) is 8.37. The van der Waals surface area contributed by atoms with Crippen molar-refractivity contribution in [3.8, 4) is 0 Å².